The van der Waals surface area contributed by atoms with Crippen LogP contribution in [0.2, 0.25) is 5.02 Å². The fourth-order valence-electron chi connectivity index (χ4n) is 1.57. The van der Waals surface area contributed by atoms with E-state index in [1.54, 1.807) is 0 Å². The van der Waals surface area contributed by atoms with Crippen molar-refractivity contribution >= 4 is 17.3 Å². The fraction of sp³-hybridized carbons (Fsp3) is 0.500. The zero-order valence-electron chi connectivity index (χ0n) is 9.10. The van der Waals surface area contributed by atoms with E-state index < -0.39 is 0 Å². The van der Waals surface area contributed by atoms with Crippen LogP contribution in [-0.2, 0) is 0 Å². The third kappa shape index (κ3) is 2.91. The van der Waals surface area contributed by atoms with Gasteiger partial charge in [-0.3, -0.25) is 0 Å². The Morgan fingerprint density at radius 2 is 2.14 bits per heavy atom. The summed E-state index contributed by atoms with van der Waals surface area (Å²) in [5.74, 6) is 0. The first-order valence-corrected chi connectivity index (χ1v) is 5.54. The van der Waals surface area contributed by atoms with Gasteiger partial charge in [0.25, 0.3) is 0 Å². The van der Waals surface area contributed by atoms with Crippen LogP contribution < -0.4 is 5.32 Å². The lowest BCUT2D eigenvalue weighted by Crippen LogP contribution is -2.15. The Hall–Kier alpha value is -0.690. The van der Waals surface area contributed by atoms with Gasteiger partial charge in [-0.15, -0.1) is 0 Å². The Morgan fingerprint density at radius 3 is 2.71 bits per heavy atom. The summed E-state index contributed by atoms with van der Waals surface area (Å²) in [5, 5.41) is 4.26. The Morgan fingerprint density at radius 1 is 1.43 bits per heavy atom. The maximum absolute atomic E-state index is 6.11. The normalized spacial score (nSPS) is 12.6. The van der Waals surface area contributed by atoms with E-state index in [1.807, 2.05) is 12.1 Å². The van der Waals surface area contributed by atoms with Gasteiger partial charge in [-0.05, 0) is 31.9 Å². The molecule has 1 rings (SSSR count). The van der Waals surface area contributed by atoms with Crippen molar-refractivity contribution in [1.29, 1.82) is 0 Å². The monoisotopic (exact) mass is 211 g/mol. The zero-order valence-corrected chi connectivity index (χ0v) is 9.86. The van der Waals surface area contributed by atoms with Gasteiger partial charge in [0.1, 0.15) is 0 Å². The summed E-state index contributed by atoms with van der Waals surface area (Å²) in [4.78, 5) is 0. The molecule has 1 aromatic carbocycles. The van der Waals surface area contributed by atoms with Crippen molar-refractivity contribution in [3.05, 3.63) is 28.8 Å². The zero-order chi connectivity index (χ0) is 10.6. The molecule has 0 aliphatic rings. The van der Waals surface area contributed by atoms with E-state index in [9.17, 15) is 0 Å². The summed E-state index contributed by atoms with van der Waals surface area (Å²) in [6.45, 7) is 6.46. The van der Waals surface area contributed by atoms with Crippen LogP contribution in [0.15, 0.2) is 18.2 Å². The molecule has 14 heavy (non-hydrogen) atoms. The molecule has 0 saturated carbocycles. The lowest BCUT2D eigenvalue weighted by atomic mass is 10.1. The lowest BCUT2D eigenvalue weighted by Gasteiger charge is -2.17. The molecule has 0 aliphatic heterocycles. The van der Waals surface area contributed by atoms with Gasteiger partial charge in [0, 0.05) is 6.04 Å². The van der Waals surface area contributed by atoms with Crippen molar-refractivity contribution in [3.63, 3.8) is 0 Å². The summed E-state index contributed by atoms with van der Waals surface area (Å²) < 4.78 is 0. The van der Waals surface area contributed by atoms with E-state index >= 15 is 0 Å². The van der Waals surface area contributed by atoms with Crippen molar-refractivity contribution in [2.45, 2.75) is 39.7 Å². The molecular formula is C12H18ClN. The molecule has 0 fully saturated rings. The van der Waals surface area contributed by atoms with Gasteiger partial charge in [-0.1, -0.05) is 37.1 Å². The summed E-state index contributed by atoms with van der Waals surface area (Å²) in [6.07, 6.45) is 2.36. The molecular weight excluding hydrogens is 194 g/mol. The second kappa shape index (κ2) is 5.26. The minimum Gasteiger partial charge on any atom is -0.381 e. The summed E-state index contributed by atoms with van der Waals surface area (Å²) in [6, 6.07) is 6.47. The molecule has 0 amide bonds. The third-order valence-electron chi connectivity index (χ3n) is 2.33. The van der Waals surface area contributed by atoms with Crippen LogP contribution in [0.4, 0.5) is 5.69 Å². The molecule has 1 unspecified atom stereocenters. The van der Waals surface area contributed by atoms with Crippen LogP contribution in [0.25, 0.3) is 0 Å². The second-order valence-electron chi connectivity index (χ2n) is 3.77. The highest BCUT2D eigenvalue weighted by atomic mass is 35.5. The summed E-state index contributed by atoms with van der Waals surface area (Å²) in [5.41, 5.74) is 2.29. The second-order valence-corrected chi connectivity index (χ2v) is 4.17. The van der Waals surface area contributed by atoms with Crippen molar-refractivity contribution in [1.82, 2.24) is 0 Å². The van der Waals surface area contributed by atoms with E-state index in [-0.39, 0.29) is 0 Å². The molecule has 2 heteroatoms. The molecule has 0 saturated heterocycles. The third-order valence-corrected chi connectivity index (χ3v) is 2.65. The lowest BCUT2D eigenvalue weighted by molar-refractivity contribution is 0.690. The molecule has 1 N–H and O–H groups in total. The van der Waals surface area contributed by atoms with Crippen LogP contribution in [0, 0.1) is 6.92 Å². The highest BCUT2D eigenvalue weighted by Gasteiger charge is 2.06. The molecule has 0 heterocycles. The van der Waals surface area contributed by atoms with E-state index in [1.165, 1.54) is 18.4 Å². The number of nitrogens with one attached hydrogen (secondary N) is 1. The number of hydrogen-bond donors (Lipinski definition) is 1. The van der Waals surface area contributed by atoms with Crippen LogP contribution in [-0.4, -0.2) is 6.04 Å². The largest absolute Gasteiger partial charge is 0.381 e. The first-order chi connectivity index (χ1) is 6.65. The van der Waals surface area contributed by atoms with E-state index in [0.717, 1.165) is 10.7 Å². The van der Waals surface area contributed by atoms with Gasteiger partial charge in [-0.25, -0.2) is 0 Å². The number of para-hydroxylation sites is 1. The molecule has 0 radical (unpaired) electrons. The molecule has 1 aromatic rings. The Labute approximate surface area is 91.5 Å². The highest BCUT2D eigenvalue weighted by Crippen LogP contribution is 2.26. The maximum atomic E-state index is 6.11. The first kappa shape index (κ1) is 11.4. The Balaban J connectivity index is 2.75. The van der Waals surface area contributed by atoms with Crippen LogP contribution in [0.3, 0.4) is 0 Å². The number of hydrogen-bond acceptors (Lipinski definition) is 1. The fourth-order valence-corrected chi connectivity index (χ4v) is 1.84. The van der Waals surface area contributed by atoms with Crippen molar-refractivity contribution in [2.24, 2.45) is 0 Å². The average molecular weight is 212 g/mol. The minimum absolute atomic E-state index is 0.485. The number of aryl methyl sites for hydroxylation is 1. The summed E-state index contributed by atoms with van der Waals surface area (Å²) in [7, 11) is 0. The molecule has 78 valence electrons. The number of rotatable bonds is 4. The van der Waals surface area contributed by atoms with E-state index in [0.29, 0.717) is 6.04 Å². The van der Waals surface area contributed by atoms with Gasteiger partial charge < -0.3 is 5.32 Å². The molecule has 0 spiro atoms. The molecule has 0 aliphatic carbocycles. The predicted molar refractivity (Wildman–Crippen MR) is 64.2 cm³/mol. The Bertz CT molecular complexity index is 276. The Kier molecular flexibility index (Phi) is 4.27. The van der Waals surface area contributed by atoms with Gasteiger partial charge in [-0.2, -0.15) is 0 Å². The van der Waals surface area contributed by atoms with Crippen LogP contribution >= 0.6 is 11.6 Å². The number of halogens is 1. The van der Waals surface area contributed by atoms with Crippen molar-refractivity contribution in [2.75, 3.05) is 5.32 Å². The smallest absolute Gasteiger partial charge is 0.0640 e. The molecule has 0 bridgehead atoms. The van der Waals surface area contributed by atoms with E-state index in [2.05, 4.69) is 32.2 Å². The topological polar surface area (TPSA) is 12.0 Å². The van der Waals surface area contributed by atoms with Gasteiger partial charge in [0.05, 0.1) is 10.7 Å². The minimum atomic E-state index is 0.485. The number of anilines is 1. The number of benzene rings is 1. The predicted octanol–water partition coefficient (Wildman–Crippen LogP) is 4.25. The van der Waals surface area contributed by atoms with Crippen molar-refractivity contribution in [3.8, 4) is 0 Å². The standard InChI is InChI=1S/C12H18ClN/c1-4-6-10(3)14-12-9(2)7-5-8-11(12)13/h5,7-8,10,14H,4,6H2,1-3H3. The maximum Gasteiger partial charge on any atom is 0.0640 e. The van der Waals surface area contributed by atoms with E-state index in [4.69, 9.17) is 11.6 Å². The molecule has 0 aromatic heterocycles. The highest BCUT2D eigenvalue weighted by molar-refractivity contribution is 6.33. The van der Waals surface area contributed by atoms with Crippen molar-refractivity contribution < 1.29 is 0 Å². The SMILES string of the molecule is CCCC(C)Nc1c(C)cccc1Cl. The first-order valence-electron chi connectivity index (χ1n) is 5.16. The average Bonchev–Trinajstić information content (AvgIpc) is 2.12. The summed E-state index contributed by atoms with van der Waals surface area (Å²) >= 11 is 6.11. The molecule has 1 nitrogen and oxygen atoms in total. The van der Waals surface area contributed by atoms with Gasteiger partial charge >= 0.3 is 0 Å². The van der Waals surface area contributed by atoms with Crippen LogP contribution in [0.1, 0.15) is 32.3 Å². The quantitative estimate of drug-likeness (QED) is 0.785. The van der Waals surface area contributed by atoms with Gasteiger partial charge in [0.15, 0.2) is 0 Å². The molecule has 1 atom stereocenters. The van der Waals surface area contributed by atoms with Crippen LogP contribution in [0.5, 0.6) is 0 Å². The van der Waals surface area contributed by atoms with Gasteiger partial charge in [0.2, 0.25) is 0 Å².